The van der Waals surface area contributed by atoms with Crippen LogP contribution >= 0.6 is 0 Å². The van der Waals surface area contributed by atoms with Crippen LogP contribution in [0.25, 0.3) is 0 Å². The van der Waals surface area contributed by atoms with Crippen molar-refractivity contribution in [3.8, 4) is 0 Å². The minimum atomic E-state index is -0.108. The molecule has 1 unspecified atom stereocenters. The van der Waals surface area contributed by atoms with Crippen LogP contribution in [0, 0.1) is 12.3 Å². The molecule has 15 heavy (non-hydrogen) atoms. The summed E-state index contributed by atoms with van der Waals surface area (Å²) in [5.41, 5.74) is 1.64. The highest BCUT2D eigenvalue weighted by Crippen LogP contribution is 2.37. The lowest BCUT2D eigenvalue weighted by atomic mass is 9.75. The van der Waals surface area contributed by atoms with E-state index in [2.05, 4.69) is 6.92 Å². The van der Waals surface area contributed by atoms with Crippen LogP contribution in [0.5, 0.6) is 0 Å². The van der Waals surface area contributed by atoms with Crippen LogP contribution in [-0.4, -0.2) is 19.5 Å². The first-order valence-corrected chi connectivity index (χ1v) is 5.15. The van der Waals surface area contributed by atoms with E-state index < -0.39 is 0 Å². The third-order valence-corrected chi connectivity index (χ3v) is 3.00. The zero-order chi connectivity index (χ0) is 11.1. The highest BCUT2D eigenvalue weighted by atomic mass is 16.5. The van der Waals surface area contributed by atoms with Crippen molar-refractivity contribution in [1.29, 1.82) is 0 Å². The van der Waals surface area contributed by atoms with Crippen molar-refractivity contribution < 1.29 is 13.9 Å². The van der Waals surface area contributed by atoms with E-state index in [0.717, 1.165) is 23.3 Å². The molecule has 0 aliphatic heterocycles. The van der Waals surface area contributed by atoms with Crippen molar-refractivity contribution in [2.24, 2.45) is 5.41 Å². The molecule has 3 nitrogen and oxygen atoms in total. The van der Waals surface area contributed by atoms with E-state index in [4.69, 9.17) is 9.15 Å². The largest absolute Gasteiger partial charge is 0.468 e. The molecule has 2 rings (SSSR count). The Morgan fingerprint density at radius 1 is 1.53 bits per heavy atom. The second kappa shape index (κ2) is 3.49. The summed E-state index contributed by atoms with van der Waals surface area (Å²) in [6.45, 7) is 4.58. The predicted octanol–water partition coefficient (Wildman–Crippen LogP) is 2.37. The molecule has 0 saturated heterocycles. The van der Waals surface area contributed by atoms with Crippen LogP contribution in [-0.2, 0) is 11.2 Å². The molecule has 82 valence electrons. The standard InChI is InChI=1S/C12H16O3/c1-8-6-15-10-5-12(2,7-14-3)4-9(13)11(8)10/h6H,4-5,7H2,1-3H3. The van der Waals surface area contributed by atoms with E-state index in [1.807, 2.05) is 6.92 Å². The summed E-state index contributed by atoms with van der Waals surface area (Å²) in [6.07, 6.45) is 3.01. The molecule has 1 aliphatic carbocycles. The first-order valence-electron chi connectivity index (χ1n) is 5.15. The lowest BCUT2D eigenvalue weighted by Gasteiger charge is -2.31. The van der Waals surface area contributed by atoms with Crippen LogP contribution in [0.3, 0.4) is 0 Å². The summed E-state index contributed by atoms with van der Waals surface area (Å²) in [7, 11) is 1.67. The SMILES string of the molecule is COCC1(C)CC(=O)c2c(C)coc2C1. The minimum Gasteiger partial charge on any atom is -0.468 e. The summed E-state index contributed by atoms with van der Waals surface area (Å²) in [5.74, 6) is 1.00. The molecule has 1 aromatic rings. The summed E-state index contributed by atoms with van der Waals surface area (Å²) < 4.78 is 10.6. The molecule has 0 bridgehead atoms. The van der Waals surface area contributed by atoms with Crippen molar-refractivity contribution in [2.75, 3.05) is 13.7 Å². The van der Waals surface area contributed by atoms with E-state index >= 15 is 0 Å². The Hall–Kier alpha value is -1.09. The van der Waals surface area contributed by atoms with Gasteiger partial charge in [-0.25, -0.2) is 0 Å². The number of ketones is 1. The molecule has 0 fully saturated rings. The van der Waals surface area contributed by atoms with Gasteiger partial charge in [0.05, 0.1) is 18.4 Å². The van der Waals surface area contributed by atoms with Gasteiger partial charge in [-0.3, -0.25) is 4.79 Å². The van der Waals surface area contributed by atoms with Gasteiger partial charge in [-0.1, -0.05) is 6.92 Å². The minimum absolute atomic E-state index is 0.108. The highest BCUT2D eigenvalue weighted by molar-refractivity contribution is 5.99. The van der Waals surface area contributed by atoms with E-state index in [1.54, 1.807) is 13.4 Å². The van der Waals surface area contributed by atoms with Gasteiger partial charge in [0.2, 0.25) is 0 Å². The monoisotopic (exact) mass is 208 g/mol. The number of methoxy groups -OCH3 is 1. The normalized spacial score (nSPS) is 25.4. The van der Waals surface area contributed by atoms with E-state index in [9.17, 15) is 4.79 Å². The summed E-state index contributed by atoms with van der Waals surface area (Å²) >= 11 is 0. The maximum absolute atomic E-state index is 11.9. The summed E-state index contributed by atoms with van der Waals surface area (Å²) in [4.78, 5) is 11.9. The Morgan fingerprint density at radius 2 is 2.27 bits per heavy atom. The van der Waals surface area contributed by atoms with Gasteiger partial charge in [0, 0.05) is 25.4 Å². The van der Waals surface area contributed by atoms with Crippen LogP contribution < -0.4 is 0 Å². The van der Waals surface area contributed by atoms with E-state index in [1.165, 1.54) is 0 Å². The van der Waals surface area contributed by atoms with Crippen molar-refractivity contribution >= 4 is 5.78 Å². The number of rotatable bonds is 2. The molecule has 0 N–H and O–H groups in total. The summed E-state index contributed by atoms with van der Waals surface area (Å²) in [5, 5.41) is 0. The molecule has 3 heteroatoms. The number of fused-ring (bicyclic) bond motifs is 1. The van der Waals surface area contributed by atoms with Crippen LogP contribution in [0.1, 0.15) is 35.0 Å². The maximum Gasteiger partial charge on any atom is 0.167 e. The number of aryl methyl sites for hydroxylation is 1. The van der Waals surface area contributed by atoms with Crippen molar-refractivity contribution in [3.05, 3.63) is 23.2 Å². The van der Waals surface area contributed by atoms with Gasteiger partial charge in [0.15, 0.2) is 5.78 Å². The molecule has 0 amide bonds. The average Bonchev–Trinajstić information content (AvgIpc) is 2.46. The van der Waals surface area contributed by atoms with Gasteiger partial charge in [-0.2, -0.15) is 0 Å². The first kappa shape index (κ1) is 10.4. The number of hydrogen-bond donors (Lipinski definition) is 0. The lowest BCUT2D eigenvalue weighted by molar-refractivity contribution is 0.0620. The lowest BCUT2D eigenvalue weighted by Crippen LogP contribution is -2.33. The van der Waals surface area contributed by atoms with Crippen molar-refractivity contribution in [3.63, 3.8) is 0 Å². The van der Waals surface area contributed by atoms with Crippen molar-refractivity contribution in [2.45, 2.75) is 26.7 Å². The van der Waals surface area contributed by atoms with Gasteiger partial charge in [-0.05, 0) is 12.5 Å². The molecule has 0 radical (unpaired) electrons. The molecule has 1 atom stereocenters. The van der Waals surface area contributed by atoms with Gasteiger partial charge in [0.25, 0.3) is 0 Å². The zero-order valence-electron chi connectivity index (χ0n) is 9.42. The van der Waals surface area contributed by atoms with Gasteiger partial charge >= 0.3 is 0 Å². The number of hydrogen-bond acceptors (Lipinski definition) is 3. The Bertz CT molecular complexity index is 392. The van der Waals surface area contributed by atoms with E-state index in [-0.39, 0.29) is 11.2 Å². The quantitative estimate of drug-likeness (QED) is 0.749. The number of Topliss-reactive ketones (excluding diaryl/α,β-unsaturated/α-hetero) is 1. The molecular formula is C12H16O3. The van der Waals surface area contributed by atoms with Gasteiger partial charge < -0.3 is 9.15 Å². The third kappa shape index (κ3) is 1.72. The number of furan rings is 1. The Kier molecular flexibility index (Phi) is 2.43. The zero-order valence-corrected chi connectivity index (χ0v) is 9.42. The molecule has 0 aromatic carbocycles. The fraction of sp³-hybridized carbons (Fsp3) is 0.583. The molecule has 0 spiro atoms. The first-order chi connectivity index (χ1) is 7.06. The third-order valence-electron chi connectivity index (χ3n) is 3.00. The fourth-order valence-electron chi connectivity index (χ4n) is 2.38. The average molecular weight is 208 g/mol. The van der Waals surface area contributed by atoms with Crippen LogP contribution in [0.15, 0.2) is 10.7 Å². The maximum atomic E-state index is 11.9. The predicted molar refractivity (Wildman–Crippen MR) is 56.1 cm³/mol. The molecule has 1 aliphatic rings. The second-order valence-electron chi connectivity index (χ2n) is 4.74. The fourth-order valence-corrected chi connectivity index (χ4v) is 2.38. The topological polar surface area (TPSA) is 39.4 Å². The molecule has 1 aromatic heterocycles. The van der Waals surface area contributed by atoms with Gasteiger partial charge in [-0.15, -0.1) is 0 Å². The van der Waals surface area contributed by atoms with Crippen LogP contribution in [0.2, 0.25) is 0 Å². The molecule has 0 saturated carbocycles. The highest BCUT2D eigenvalue weighted by Gasteiger charge is 2.37. The molecular weight excluding hydrogens is 192 g/mol. The number of ether oxygens (including phenoxy) is 1. The van der Waals surface area contributed by atoms with Crippen molar-refractivity contribution in [1.82, 2.24) is 0 Å². The number of carbonyl (C=O) groups excluding carboxylic acids is 1. The smallest absolute Gasteiger partial charge is 0.167 e. The van der Waals surface area contributed by atoms with Crippen LogP contribution in [0.4, 0.5) is 0 Å². The Balaban J connectivity index is 2.35. The summed E-state index contributed by atoms with van der Waals surface area (Å²) in [6, 6.07) is 0. The number of carbonyl (C=O) groups is 1. The molecule has 1 heterocycles. The van der Waals surface area contributed by atoms with Gasteiger partial charge in [0.1, 0.15) is 5.76 Å². The Morgan fingerprint density at radius 3 is 2.93 bits per heavy atom. The Labute approximate surface area is 89.4 Å². The van der Waals surface area contributed by atoms with E-state index in [0.29, 0.717) is 13.0 Å². The second-order valence-corrected chi connectivity index (χ2v) is 4.74.